The van der Waals surface area contributed by atoms with E-state index in [-0.39, 0.29) is 17.8 Å². The molecule has 1 unspecified atom stereocenters. The predicted molar refractivity (Wildman–Crippen MR) is 106 cm³/mol. The average Bonchev–Trinajstić information content (AvgIpc) is 3.03. The van der Waals surface area contributed by atoms with Gasteiger partial charge in [-0.2, -0.15) is 0 Å². The van der Waals surface area contributed by atoms with E-state index in [0.29, 0.717) is 41.7 Å². The molecule has 0 spiro atoms. The molecule has 150 valence electrons. The summed E-state index contributed by atoms with van der Waals surface area (Å²) in [5.74, 6) is 0.130. The Morgan fingerprint density at radius 1 is 1.17 bits per heavy atom. The van der Waals surface area contributed by atoms with Gasteiger partial charge in [0.05, 0.1) is 18.7 Å². The molecular weight excluding hydrogens is 374 g/mol. The van der Waals surface area contributed by atoms with Crippen molar-refractivity contribution in [1.82, 2.24) is 0 Å². The number of aliphatic hydroxyl groups is 1. The second kappa shape index (κ2) is 7.50. The molecule has 0 aromatic heterocycles. The maximum absolute atomic E-state index is 13.0. The Morgan fingerprint density at radius 2 is 1.90 bits per heavy atom. The first-order chi connectivity index (χ1) is 14.1. The van der Waals surface area contributed by atoms with Crippen molar-refractivity contribution in [3.8, 4) is 17.2 Å². The zero-order valence-electron chi connectivity index (χ0n) is 16.2. The number of nitrogens with zero attached hydrogens (tertiary/aromatic N) is 1. The average molecular weight is 395 g/mol. The van der Waals surface area contributed by atoms with Crippen molar-refractivity contribution in [2.24, 2.45) is 0 Å². The minimum atomic E-state index is -0.811. The Hall–Kier alpha value is -3.48. The Balaban J connectivity index is 1.88. The fourth-order valence-electron chi connectivity index (χ4n) is 3.72. The number of aliphatic hydroxyl groups excluding tert-OH is 1. The van der Waals surface area contributed by atoms with Crippen molar-refractivity contribution in [3.63, 3.8) is 0 Å². The van der Waals surface area contributed by atoms with Gasteiger partial charge in [-0.1, -0.05) is 25.1 Å². The highest BCUT2D eigenvalue weighted by Gasteiger charge is 2.45. The molecule has 2 aliphatic rings. The highest BCUT2D eigenvalue weighted by Crippen LogP contribution is 2.46. The van der Waals surface area contributed by atoms with Gasteiger partial charge < -0.3 is 19.3 Å². The van der Waals surface area contributed by atoms with Crippen LogP contribution in [0.5, 0.6) is 17.2 Å². The number of benzene rings is 2. The normalized spacial score (nSPS) is 18.2. The number of ether oxygens (including phenoxy) is 3. The lowest BCUT2D eigenvalue weighted by atomic mass is 9.94. The molecule has 4 rings (SSSR count). The first-order valence-electron chi connectivity index (χ1n) is 9.39. The summed E-state index contributed by atoms with van der Waals surface area (Å²) in [6.45, 7) is 2.55. The lowest BCUT2D eigenvalue weighted by Crippen LogP contribution is -2.31. The van der Waals surface area contributed by atoms with Gasteiger partial charge in [0.1, 0.15) is 19.0 Å². The highest BCUT2D eigenvalue weighted by molar-refractivity contribution is 6.16. The van der Waals surface area contributed by atoms with Crippen molar-refractivity contribution in [3.05, 3.63) is 59.4 Å². The number of amides is 1. The summed E-state index contributed by atoms with van der Waals surface area (Å²) in [6, 6.07) is 11.4. The van der Waals surface area contributed by atoms with E-state index in [2.05, 4.69) is 0 Å². The Bertz CT molecular complexity index is 1010. The number of methoxy groups -OCH3 is 1. The topological polar surface area (TPSA) is 85.3 Å². The van der Waals surface area contributed by atoms with Gasteiger partial charge in [-0.15, -0.1) is 0 Å². The van der Waals surface area contributed by atoms with E-state index in [9.17, 15) is 14.7 Å². The van der Waals surface area contributed by atoms with Crippen LogP contribution in [0.2, 0.25) is 0 Å². The third-order valence-corrected chi connectivity index (χ3v) is 5.07. The number of rotatable bonds is 5. The lowest BCUT2D eigenvalue weighted by molar-refractivity contribution is -0.118. The second-order valence-corrected chi connectivity index (χ2v) is 6.69. The maximum atomic E-state index is 13.0. The summed E-state index contributed by atoms with van der Waals surface area (Å²) < 4.78 is 16.7. The number of Topliss-reactive ketones (excluding diaryl/α,β-unsaturated/α-hetero) is 1. The van der Waals surface area contributed by atoms with Gasteiger partial charge in [0, 0.05) is 23.7 Å². The van der Waals surface area contributed by atoms with E-state index in [0.717, 1.165) is 0 Å². The number of hydrogen-bond acceptors (Lipinski definition) is 6. The molecule has 2 aromatic rings. The first kappa shape index (κ1) is 18.9. The van der Waals surface area contributed by atoms with Gasteiger partial charge in [0.2, 0.25) is 0 Å². The molecule has 0 fully saturated rings. The quantitative estimate of drug-likeness (QED) is 0.836. The molecule has 1 amide bonds. The molecule has 0 saturated heterocycles. The van der Waals surface area contributed by atoms with Crippen LogP contribution in [-0.2, 0) is 9.59 Å². The van der Waals surface area contributed by atoms with Gasteiger partial charge in [0.25, 0.3) is 5.91 Å². The number of carbonyl (C=O) groups is 2. The number of carbonyl (C=O) groups excluding carboxylic acids is 2. The number of para-hydroxylation sites is 1. The van der Waals surface area contributed by atoms with E-state index in [1.54, 1.807) is 49.4 Å². The van der Waals surface area contributed by atoms with Crippen LogP contribution in [0.25, 0.3) is 0 Å². The zero-order chi connectivity index (χ0) is 20.5. The molecule has 2 aromatic carbocycles. The van der Waals surface area contributed by atoms with Gasteiger partial charge in [0.15, 0.2) is 23.0 Å². The van der Waals surface area contributed by atoms with Crippen molar-refractivity contribution < 1.29 is 28.9 Å². The number of hydrogen-bond donors (Lipinski definition) is 1. The van der Waals surface area contributed by atoms with Gasteiger partial charge in [-0.05, 0) is 18.2 Å². The van der Waals surface area contributed by atoms with Crippen LogP contribution in [0.15, 0.2) is 53.8 Å². The number of fused-ring (bicyclic) bond motifs is 1. The van der Waals surface area contributed by atoms with Gasteiger partial charge in [-0.3, -0.25) is 14.5 Å². The Labute approximate surface area is 168 Å². The monoisotopic (exact) mass is 395 g/mol. The second-order valence-electron chi connectivity index (χ2n) is 6.69. The smallest absolute Gasteiger partial charge is 0.294 e. The van der Waals surface area contributed by atoms with Crippen LogP contribution in [0.3, 0.4) is 0 Å². The van der Waals surface area contributed by atoms with E-state index < -0.39 is 17.7 Å². The van der Waals surface area contributed by atoms with Crippen molar-refractivity contribution in [2.45, 2.75) is 19.4 Å². The first-order valence-corrected chi connectivity index (χ1v) is 9.39. The Morgan fingerprint density at radius 3 is 2.62 bits per heavy atom. The molecule has 0 bridgehead atoms. The number of anilines is 1. The number of ketones is 1. The van der Waals surface area contributed by atoms with Crippen LogP contribution in [0.4, 0.5) is 5.69 Å². The summed E-state index contributed by atoms with van der Waals surface area (Å²) >= 11 is 0. The van der Waals surface area contributed by atoms with Crippen LogP contribution in [0, 0.1) is 0 Å². The van der Waals surface area contributed by atoms with Crippen molar-refractivity contribution in [1.29, 1.82) is 0 Å². The maximum Gasteiger partial charge on any atom is 0.294 e. The molecule has 7 nitrogen and oxygen atoms in total. The minimum absolute atomic E-state index is 0.0666. The molecule has 2 aliphatic heterocycles. The summed E-state index contributed by atoms with van der Waals surface area (Å²) in [4.78, 5) is 27.1. The summed E-state index contributed by atoms with van der Waals surface area (Å²) in [5, 5.41) is 10.6. The highest BCUT2D eigenvalue weighted by atomic mass is 16.6. The summed E-state index contributed by atoms with van der Waals surface area (Å²) in [7, 11) is 1.52. The van der Waals surface area contributed by atoms with E-state index in [1.807, 2.05) is 0 Å². The van der Waals surface area contributed by atoms with Crippen LogP contribution in [-0.4, -0.2) is 37.1 Å². The molecular formula is C22H21NO6. The van der Waals surface area contributed by atoms with Crippen LogP contribution in [0.1, 0.15) is 24.9 Å². The van der Waals surface area contributed by atoms with E-state index in [1.165, 1.54) is 12.0 Å². The van der Waals surface area contributed by atoms with Crippen LogP contribution >= 0.6 is 0 Å². The fraction of sp³-hybridized carbons (Fsp3) is 0.273. The minimum Gasteiger partial charge on any atom is -0.503 e. The molecule has 1 atom stereocenters. The van der Waals surface area contributed by atoms with Crippen molar-refractivity contribution >= 4 is 17.4 Å². The SMILES string of the molecule is CCC(=O)C1=C(O)C(=O)N(c2ccc3c(c2)OCCO3)C1c1ccccc1OC. The molecule has 29 heavy (non-hydrogen) atoms. The zero-order valence-corrected chi connectivity index (χ0v) is 16.2. The largest absolute Gasteiger partial charge is 0.503 e. The summed E-state index contributed by atoms with van der Waals surface area (Å²) in [5.41, 5.74) is 1.16. The van der Waals surface area contributed by atoms with E-state index >= 15 is 0 Å². The van der Waals surface area contributed by atoms with Gasteiger partial charge >= 0.3 is 0 Å². The molecule has 7 heteroatoms. The molecule has 0 aliphatic carbocycles. The lowest BCUT2D eigenvalue weighted by Gasteiger charge is -2.29. The predicted octanol–water partition coefficient (Wildman–Crippen LogP) is 3.35. The Kier molecular flexibility index (Phi) is 4.88. The van der Waals surface area contributed by atoms with Crippen molar-refractivity contribution in [2.75, 3.05) is 25.2 Å². The summed E-state index contributed by atoms with van der Waals surface area (Å²) in [6.07, 6.45) is 0.160. The standard InChI is InChI=1S/C22H21NO6/c1-3-15(24)19-20(14-6-4-5-7-16(14)27-2)23(22(26)21(19)25)13-8-9-17-18(12-13)29-11-10-28-17/h4-9,12,20,25H,3,10-11H2,1-2H3. The van der Waals surface area contributed by atoms with Crippen LogP contribution < -0.4 is 19.1 Å². The molecule has 0 saturated carbocycles. The third-order valence-electron chi connectivity index (χ3n) is 5.07. The molecule has 2 heterocycles. The molecule has 1 N–H and O–H groups in total. The third kappa shape index (κ3) is 3.08. The van der Waals surface area contributed by atoms with E-state index in [4.69, 9.17) is 14.2 Å². The molecule has 0 radical (unpaired) electrons. The fourth-order valence-corrected chi connectivity index (χ4v) is 3.72. The van der Waals surface area contributed by atoms with Gasteiger partial charge in [-0.25, -0.2) is 0 Å².